The number of aromatic nitrogens is 3. The van der Waals surface area contributed by atoms with Crippen molar-refractivity contribution in [1.82, 2.24) is 15.0 Å². The molecule has 1 N–H and O–H groups in total. The first-order valence-electron chi connectivity index (χ1n) is 7.37. The van der Waals surface area contributed by atoms with E-state index >= 15 is 0 Å². The second kappa shape index (κ2) is 6.32. The molecule has 1 aliphatic heterocycles. The van der Waals surface area contributed by atoms with E-state index in [9.17, 15) is 4.39 Å². The van der Waals surface area contributed by atoms with E-state index in [-0.39, 0.29) is 0 Å². The van der Waals surface area contributed by atoms with Gasteiger partial charge in [-0.25, -0.2) is 4.98 Å². The van der Waals surface area contributed by atoms with E-state index in [1.54, 1.807) is 32.5 Å². The Kier molecular flexibility index (Phi) is 4.00. The molecule has 0 radical (unpaired) electrons. The maximum atomic E-state index is 13.1. The number of methoxy groups -OCH3 is 2. The summed E-state index contributed by atoms with van der Waals surface area (Å²) in [5.74, 6) is 2.52. The van der Waals surface area contributed by atoms with Gasteiger partial charge in [0.05, 0.1) is 37.1 Å². The summed E-state index contributed by atoms with van der Waals surface area (Å²) in [6.07, 6.45) is 1.62. The molecule has 3 aromatic rings. The molecule has 9 heteroatoms. The van der Waals surface area contributed by atoms with Crippen molar-refractivity contribution in [3.63, 3.8) is 0 Å². The molecule has 0 bridgehead atoms. The Labute approximate surface area is 146 Å². The molecule has 1 atom stereocenters. The second-order valence-corrected chi connectivity index (χ2v) is 6.15. The fourth-order valence-corrected chi connectivity index (χ4v) is 3.26. The zero-order valence-electron chi connectivity index (χ0n) is 13.4. The third kappa shape index (κ3) is 3.02. The molecule has 0 aliphatic carbocycles. The largest absolute Gasteiger partial charge is 0.493 e. The Morgan fingerprint density at radius 2 is 1.92 bits per heavy atom. The number of aromatic amines is 1. The molecule has 0 fully saturated rings. The summed E-state index contributed by atoms with van der Waals surface area (Å²) in [6.45, 7) is -1.76. The third-order valence-corrected chi connectivity index (χ3v) is 4.56. The van der Waals surface area contributed by atoms with Gasteiger partial charge in [-0.3, -0.25) is 4.98 Å². The molecule has 7 nitrogen and oxygen atoms in total. The Balaban J connectivity index is 1.52. The monoisotopic (exact) mass is 363 g/mol. The zero-order valence-corrected chi connectivity index (χ0v) is 14.2. The number of nitrogens with zero attached hydrogens (tertiary/aromatic N) is 2. The van der Waals surface area contributed by atoms with Gasteiger partial charge in [-0.15, -0.1) is 0 Å². The molecule has 0 saturated heterocycles. The van der Waals surface area contributed by atoms with Crippen LogP contribution in [0.1, 0.15) is 5.69 Å². The summed E-state index contributed by atoms with van der Waals surface area (Å²) in [5.41, 5.74) is 2.26. The van der Waals surface area contributed by atoms with Crippen molar-refractivity contribution in [2.45, 2.75) is 17.5 Å². The Bertz CT molecular complexity index is 890. The summed E-state index contributed by atoms with van der Waals surface area (Å²) in [6, 6.07) is 5.15. The summed E-state index contributed by atoms with van der Waals surface area (Å²) >= 11 is 1.49. The minimum Gasteiger partial charge on any atom is -0.493 e. The number of halogens is 1. The molecule has 1 aromatic carbocycles. The average Bonchev–Trinajstić information content (AvgIpc) is 3.18. The van der Waals surface area contributed by atoms with Crippen molar-refractivity contribution in [2.75, 3.05) is 14.2 Å². The van der Waals surface area contributed by atoms with Crippen molar-refractivity contribution >= 4 is 22.8 Å². The molecule has 25 heavy (non-hydrogen) atoms. The van der Waals surface area contributed by atoms with Gasteiger partial charge in [0.15, 0.2) is 28.2 Å². The number of alkyl halides is 1. The lowest BCUT2D eigenvalue weighted by molar-refractivity contribution is -0.0651. The fourth-order valence-electron chi connectivity index (χ4n) is 2.47. The second-order valence-electron chi connectivity index (χ2n) is 5.19. The molecular formula is C16H14FN3O4S. The fraction of sp³-hybridized carbons (Fsp3) is 0.250. The van der Waals surface area contributed by atoms with Gasteiger partial charge < -0.3 is 23.9 Å². The smallest absolute Gasteiger partial charge is 0.397 e. The van der Waals surface area contributed by atoms with Crippen molar-refractivity contribution in [3.05, 3.63) is 30.1 Å². The van der Waals surface area contributed by atoms with Crippen LogP contribution in [0.25, 0.3) is 11.0 Å². The van der Waals surface area contributed by atoms with E-state index in [1.165, 1.54) is 11.8 Å². The highest BCUT2D eigenvalue weighted by Gasteiger charge is 2.24. The van der Waals surface area contributed by atoms with Gasteiger partial charge in [-0.2, -0.15) is 4.39 Å². The third-order valence-electron chi connectivity index (χ3n) is 3.65. The van der Waals surface area contributed by atoms with E-state index in [4.69, 9.17) is 18.9 Å². The minimum absolute atomic E-state index is 0.351. The maximum absolute atomic E-state index is 13.1. The highest BCUT2D eigenvalue weighted by molar-refractivity contribution is 7.98. The number of fused-ring (bicyclic) bond motifs is 2. The van der Waals surface area contributed by atoms with Crippen LogP contribution in [-0.2, 0) is 5.75 Å². The predicted molar refractivity (Wildman–Crippen MR) is 89.1 cm³/mol. The lowest BCUT2D eigenvalue weighted by Crippen LogP contribution is -2.09. The van der Waals surface area contributed by atoms with Gasteiger partial charge in [0.2, 0.25) is 0 Å². The number of ether oxygens (including phenoxy) is 4. The molecule has 1 aliphatic rings. The van der Waals surface area contributed by atoms with Crippen LogP contribution in [0.2, 0.25) is 0 Å². The Morgan fingerprint density at radius 1 is 1.16 bits per heavy atom. The molecule has 3 heterocycles. The van der Waals surface area contributed by atoms with Crippen LogP contribution in [0, 0.1) is 0 Å². The standard InChI is InChI=1S/C16H14FN3O4S/c1-21-11-3-8(18-6-14(11)22-2)7-25-16-19-9-4-12-13(5-10(9)20-16)24-15(17)23-12/h3-6,15H,7H2,1-2H3,(H,19,20). The van der Waals surface area contributed by atoms with E-state index < -0.39 is 6.54 Å². The van der Waals surface area contributed by atoms with Crippen LogP contribution in [0.15, 0.2) is 29.6 Å². The van der Waals surface area contributed by atoms with Gasteiger partial charge >= 0.3 is 6.54 Å². The van der Waals surface area contributed by atoms with Crippen LogP contribution in [0.4, 0.5) is 4.39 Å². The number of H-pyrrole nitrogens is 1. The maximum Gasteiger partial charge on any atom is 0.397 e. The first-order chi connectivity index (χ1) is 12.2. The number of hydrogen-bond donors (Lipinski definition) is 1. The van der Waals surface area contributed by atoms with Gasteiger partial charge in [0.25, 0.3) is 0 Å². The molecular weight excluding hydrogens is 349 g/mol. The quantitative estimate of drug-likeness (QED) is 0.697. The van der Waals surface area contributed by atoms with Crippen LogP contribution in [0.5, 0.6) is 23.0 Å². The van der Waals surface area contributed by atoms with E-state index in [2.05, 4.69) is 15.0 Å². The lowest BCUT2D eigenvalue weighted by atomic mass is 10.3. The van der Waals surface area contributed by atoms with Crippen molar-refractivity contribution in [1.29, 1.82) is 0 Å². The number of benzene rings is 1. The number of hydrogen-bond acceptors (Lipinski definition) is 7. The Hall–Kier alpha value is -2.68. The van der Waals surface area contributed by atoms with Gasteiger partial charge in [0.1, 0.15) is 0 Å². The van der Waals surface area contributed by atoms with Crippen molar-refractivity contribution < 1.29 is 23.3 Å². The molecule has 0 saturated carbocycles. The van der Waals surface area contributed by atoms with E-state index in [0.717, 1.165) is 11.2 Å². The molecule has 130 valence electrons. The minimum atomic E-state index is -1.76. The zero-order chi connectivity index (χ0) is 17.4. The van der Waals surface area contributed by atoms with Crippen LogP contribution >= 0.6 is 11.8 Å². The predicted octanol–water partition coefficient (Wildman–Crippen LogP) is 3.29. The molecule has 1 unspecified atom stereocenters. The number of pyridine rings is 1. The molecule has 2 aromatic heterocycles. The Morgan fingerprint density at radius 3 is 2.68 bits per heavy atom. The van der Waals surface area contributed by atoms with Gasteiger partial charge in [0, 0.05) is 24.0 Å². The van der Waals surface area contributed by atoms with Gasteiger partial charge in [-0.05, 0) is 0 Å². The van der Waals surface area contributed by atoms with E-state index in [1.807, 2.05) is 6.07 Å². The van der Waals surface area contributed by atoms with Crippen LogP contribution < -0.4 is 18.9 Å². The van der Waals surface area contributed by atoms with Crippen molar-refractivity contribution in [2.24, 2.45) is 0 Å². The van der Waals surface area contributed by atoms with Gasteiger partial charge in [-0.1, -0.05) is 11.8 Å². The SMILES string of the molecule is COc1cnc(CSc2nc3cc4c(cc3[nH]2)OC(F)O4)cc1OC. The summed E-state index contributed by atoms with van der Waals surface area (Å²) in [4.78, 5) is 12.0. The highest BCUT2D eigenvalue weighted by Crippen LogP contribution is 2.38. The highest BCUT2D eigenvalue weighted by atomic mass is 32.2. The number of rotatable bonds is 5. The van der Waals surface area contributed by atoms with Crippen molar-refractivity contribution in [3.8, 4) is 23.0 Å². The van der Waals surface area contributed by atoms with Crippen LogP contribution in [0.3, 0.4) is 0 Å². The lowest BCUT2D eigenvalue weighted by Gasteiger charge is -2.08. The normalized spacial score (nSPS) is 13.4. The topological polar surface area (TPSA) is 78.5 Å². The summed E-state index contributed by atoms with van der Waals surface area (Å²) < 4.78 is 33.4. The summed E-state index contributed by atoms with van der Waals surface area (Å²) in [5, 5.41) is 0.715. The molecule has 0 spiro atoms. The van der Waals surface area contributed by atoms with Crippen LogP contribution in [-0.4, -0.2) is 35.7 Å². The number of thioether (sulfide) groups is 1. The number of nitrogens with one attached hydrogen (secondary N) is 1. The first kappa shape index (κ1) is 15.8. The summed E-state index contributed by atoms with van der Waals surface area (Å²) in [7, 11) is 3.15. The number of imidazole rings is 1. The first-order valence-corrected chi connectivity index (χ1v) is 8.35. The molecule has 0 amide bonds. The van der Waals surface area contributed by atoms with E-state index in [0.29, 0.717) is 39.4 Å². The molecule has 4 rings (SSSR count). The average molecular weight is 363 g/mol.